The van der Waals surface area contributed by atoms with Crippen LogP contribution in [0.4, 0.5) is 10.2 Å². The molecule has 2 aromatic heterocycles. The van der Waals surface area contributed by atoms with E-state index < -0.39 is 0 Å². The second-order valence-electron chi connectivity index (χ2n) is 8.67. The fraction of sp³-hybridized carbons (Fsp3) is 0.231. The van der Waals surface area contributed by atoms with E-state index in [-0.39, 0.29) is 28.9 Å². The zero-order valence-corrected chi connectivity index (χ0v) is 21.2. The molecule has 37 heavy (non-hydrogen) atoms. The molecule has 5 rings (SSSR count). The first-order chi connectivity index (χ1) is 17.8. The Hall–Kier alpha value is -3.69. The van der Waals surface area contributed by atoms with E-state index in [1.807, 2.05) is 12.1 Å². The van der Waals surface area contributed by atoms with Gasteiger partial charge in [0.15, 0.2) is 5.65 Å². The first kappa shape index (κ1) is 25.0. The van der Waals surface area contributed by atoms with Crippen LogP contribution in [0, 0.1) is 5.82 Å². The highest BCUT2D eigenvalue weighted by Gasteiger charge is 2.30. The van der Waals surface area contributed by atoms with Crippen molar-refractivity contribution in [3.63, 3.8) is 0 Å². The van der Waals surface area contributed by atoms with Crippen molar-refractivity contribution in [3.05, 3.63) is 76.8 Å². The maximum absolute atomic E-state index is 13.4. The Kier molecular flexibility index (Phi) is 6.99. The molecule has 8 nitrogen and oxygen atoms in total. The number of ether oxygens (including phenoxy) is 1. The number of nitrogens with two attached hydrogens (primary N) is 1. The number of hydrogen-bond donors (Lipinski definition) is 1. The Morgan fingerprint density at radius 3 is 2.84 bits per heavy atom. The Labute approximate surface area is 222 Å². The van der Waals surface area contributed by atoms with Gasteiger partial charge in [-0.05, 0) is 60.0 Å². The van der Waals surface area contributed by atoms with Crippen molar-refractivity contribution < 1.29 is 13.9 Å². The van der Waals surface area contributed by atoms with E-state index in [1.165, 1.54) is 18.2 Å². The third-order valence-electron chi connectivity index (χ3n) is 6.29. The lowest BCUT2D eigenvalue weighted by molar-refractivity contribution is -0.125. The average Bonchev–Trinajstić information content (AvgIpc) is 3.50. The standard InChI is InChI=1S/C26H23Cl2FN6O2/c1-2-21(36)34-10-8-18(14-34)35-25-22(24(30)31-26(28)32-25)23(33-35)16-6-7-20(19(27)13-16)37-11-9-15-4-3-5-17(29)12-15/h2-7,12-13,18H,1,8-11,14H2,(H2,30,31,32). The molecule has 1 fully saturated rings. The van der Waals surface area contributed by atoms with Gasteiger partial charge in [0.1, 0.15) is 23.1 Å². The molecule has 0 bridgehead atoms. The number of carbonyl (C=O) groups is 1. The monoisotopic (exact) mass is 540 g/mol. The molecule has 1 unspecified atom stereocenters. The Morgan fingerprint density at radius 1 is 1.24 bits per heavy atom. The maximum Gasteiger partial charge on any atom is 0.246 e. The van der Waals surface area contributed by atoms with Crippen molar-refractivity contribution in [2.24, 2.45) is 0 Å². The molecule has 3 heterocycles. The van der Waals surface area contributed by atoms with Crippen LogP contribution in [0.2, 0.25) is 10.3 Å². The lowest BCUT2D eigenvalue weighted by Gasteiger charge is -2.14. The van der Waals surface area contributed by atoms with E-state index in [0.29, 0.717) is 65.6 Å². The zero-order chi connectivity index (χ0) is 26.1. The summed E-state index contributed by atoms with van der Waals surface area (Å²) in [5, 5.41) is 5.77. The number of carbonyl (C=O) groups excluding carboxylic acids is 1. The number of amides is 1. The van der Waals surface area contributed by atoms with Gasteiger partial charge in [-0.1, -0.05) is 30.3 Å². The highest BCUT2D eigenvalue weighted by molar-refractivity contribution is 6.32. The molecular weight excluding hydrogens is 518 g/mol. The normalized spacial score (nSPS) is 15.3. The summed E-state index contributed by atoms with van der Waals surface area (Å²) in [5.74, 6) is 0.270. The van der Waals surface area contributed by atoms with E-state index in [9.17, 15) is 9.18 Å². The van der Waals surface area contributed by atoms with Crippen LogP contribution < -0.4 is 10.5 Å². The summed E-state index contributed by atoms with van der Waals surface area (Å²) in [5.41, 5.74) is 8.81. The van der Waals surface area contributed by atoms with Gasteiger partial charge >= 0.3 is 0 Å². The molecule has 2 aromatic carbocycles. The first-order valence-corrected chi connectivity index (χ1v) is 12.4. The lowest BCUT2D eigenvalue weighted by atomic mass is 10.1. The summed E-state index contributed by atoms with van der Waals surface area (Å²) in [7, 11) is 0. The molecule has 11 heteroatoms. The molecule has 0 saturated carbocycles. The Balaban J connectivity index is 1.43. The summed E-state index contributed by atoms with van der Waals surface area (Å²) >= 11 is 12.7. The molecular formula is C26H23Cl2FN6O2. The summed E-state index contributed by atoms with van der Waals surface area (Å²) in [6, 6.07) is 11.6. The van der Waals surface area contributed by atoms with Gasteiger partial charge in [-0.15, -0.1) is 0 Å². The summed E-state index contributed by atoms with van der Waals surface area (Å²) < 4.78 is 21.0. The van der Waals surface area contributed by atoms with Crippen LogP contribution in [0.5, 0.6) is 5.75 Å². The van der Waals surface area contributed by atoms with Gasteiger partial charge in [-0.25, -0.2) is 14.1 Å². The highest BCUT2D eigenvalue weighted by atomic mass is 35.5. The van der Waals surface area contributed by atoms with Crippen LogP contribution in [0.3, 0.4) is 0 Å². The van der Waals surface area contributed by atoms with Gasteiger partial charge in [-0.2, -0.15) is 10.1 Å². The number of nitrogen functional groups attached to an aromatic ring is 1. The summed E-state index contributed by atoms with van der Waals surface area (Å²) in [6.45, 7) is 4.94. The number of hydrogen-bond acceptors (Lipinski definition) is 6. The van der Waals surface area contributed by atoms with Crippen molar-refractivity contribution in [1.29, 1.82) is 0 Å². The van der Waals surface area contributed by atoms with Gasteiger partial charge in [0, 0.05) is 25.1 Å². The topological polar surface area (TPSA) is 99.2 Å². The van der Waals surface area contributed by atoms with Gasteiger partial charge in [0.25, 0.3) is 0 Å². The molecule has 1 amide bonds. The van der Waals surface area contributed by atoms with Crippen LogP contribution in [-0.4, -0.2) is 50.3 Å². The van der Waals surface area contributed by atoms with Crippen molar-refractivity contribution in [2.75, 3.05) is 25.4 Å². The predicted molar refractivity (Wildman–Crippen MR) is 141 cm³/mol. The molecule has 4 aromatic rings. The van der Waals surface area contributed by atoms with E-state index in [2.05, 4.69) is 16.5 Å². The highest BCUT2D eigenvalue weighted by Crippen LogP contribution is 2.37. The summed E-state index contributed by atoms with van der Waals surface area (Å²) in [4.78, 5) is 22.3. The van der Waals surface area contributed by atoms with Crippen LogP contribution in [-0.2, 0) is 11.2 Å². The number of fused-ring (bicyclic) bond motifs is 1. The summed E-state index contributed by atoms with van der Waals surface area (Å²) in [6.07, 6.45) is 2.53. The van der Waals surface area contributed by atoms with E-state index in [4.69, 9.17) is 38.8 Å². The second-order valence-corrected chi connectivity index (χ2v) is 9.42. The van der Waals surface area contributed by atoms with Gasteiger partial charge < -0.3 is 15.4 Å². The Morgan fingerprint density at radius 2 is 2.08 bits per heavy atom. The molecule has 1 aliphatic rings. The van der Waals surface area contributed by atoms with E-state index >= 15 is 0 Å². The molecule has 1 atom stereocenters. The molecule has 2 N–H and O–H groups in total. The van der Waals surface area contributed by atoms with Crippen LogP contribution >= 0.6 is 23.2 Å². The molecule has 0 spiro atoms. The van der Waals surface area contributed by atoms with Gasteiger partial charge in [0.2, 0.25) is 11.2 Å². The van der Waals surface area contributed by atoms with Crippen molar-refractivity contribution in [1.82, 2.24) is 24.6 Å². The number of anilines is 1. The molecule has 0 aliphatic carbocycles. The van der Waals surface area contributed by atoms with Gasteiger partial charge in [0.05, 0.1) is 23.1 Å². The smallest absolute Gasteiger partial charge is 0.246 e. The fourth-order valence-electron chi connectivity index (χ4n) is 4.50. The maximum atomic E-state index is 13.4. The fourth-order valence-corrected chi connectivity index (χ4v) is 4.91. The minimum absolute atomic E-state index is 0.00907. The largest absolute Gasteiger partial charge is 0.492 e. The van der Waals surface area contributed by atoms with Gasteiger partial charge in [-0.3, -0.25) is 4.79 Å². The number of rotatable bonds is 7. The number of nitrogens with zero attached hydrogens (tertiary/aromatic N) is 5. The Bertz CT molecular complexity index is 1510. The van der Waals surface area contributed by atoms with E-state index in [1.54, 1.807) is 27.8 Å². The molecule has 0 radical (unpaired) electrons. The quantitative estimate of drug-likeness (QED) is 0.258. The predicted octanol–water partition coefficient (Wildman–Crippen LogP) is 5.10. The van der Waals surface area contributed by atoms with Crippen molar-refractivity contribution >= 4 is 46.0 Å². The molecule has 190 valence electrons. The minimum atomic E-state index is -0.284. The van der Waals surface area contributed by atoms with Crippen molar-refractivity contribution in [2.45, 2.75) is 18.9 Å². The zero-order valence-electron chi connectivity index (χ0n) is 19.7. The first-order valence-electron chi connectivity index (χ1n) is 11.6. The molecule has 1 saturated heterocycles. The number of likely N-dealkylation sites (tertiary alicyclic amines) is 1. The second kappa shape index (κ2) is 10.4. The lowest BCUT2D eigenvalue weighted by Crippen LogP contribution is -2.27. The van der Waals surface area contributed by atoms with Crippen LogP contribution in [0.1, 0.15) is 18.0 Å². The third-order valence-corrected chi connectivity index (χ3v) is 6.75. The number of aromatic nitrogens is 4. The van der Waals surface area contributed by atoms with E-state index in [0.717, 1.165) is 5.56 Å². The SMILES string of the molecule is C=CC(=O)N1CCC(n2nc(-c3ccc(OCCc4cccc(F)c4)c(Cl)c3)c3c(N)nc(Cl)nc32)C1. The van der Waals surface area contributed by atoms with Crippen LogP contribution in [0.15, 0.2) is 55.1 Å². The third kappa shape index (κ3) is 5.10. The molecule has 1 aliphatic heterocycles. The minimum Gasteiger partial charge on any atom is -0.492 e. The van der Waals surface area contributed by atoms with Crippen LogP contribution in [0.25, 0.3) is 22.3 Å². The average molecular weight is 541 g/mol. The number of benzene rings is 2. The number of halogens is 3. The van der Waals surface area contributed by atoms with Crippen molar-refractivity contribution in [3.8, 4) is 17.0 Å².